The van der Waals surface area contributed by atoms with Crippen LogP contribution in [0.4, 0.5) is 13.2 Å². The molecule has 102 valence electrons. The molecular formula is C7H4BrClF3NO4S. The van der Waals surface area contributed by atoms with E-state index in [0.717, 1.165) is 13.2 Å². The van der Waals surface area contributed by atoms with Gasteiger partial charge in [0, 0.05) is 10.7 Å². The van der Waals surface area contributed by atoms with Crippen molar-refractivity contribution in [1.82, 2.24) is 4.98 Å². The number of ether oxygens (including phenoxy) is 2. The van der Waals surface area contributed by atoms with Crippen LogP contribution in [0.25, 0.3) is 0 Å². The van der Waals surface area contributed by atoms with Crippen LogP contribution in [-0.4, -0.2) is 26.9 Å². The van der Waals surface area contributed by atoms with Crippen LogP contribution in [-0.2, 0) is 9.05 Å². The van der Waals surface area contributed by atoms with E-state index in [4.69, 9.17) is 10.7 Å². The maximum absolute atomic E-state index is 12.1. The minimum atomic E-state index is -4.97. The number of hydrogen-bond acceptors (Lipinski definition) is 5. The molecule has 0 aliphatic carbocycles. The second-order valence-corrected chi connectivity index (χ2v) is 6.13. The Kier molecular flexibility index (Phi) is 4.34. The number of hydrogen-bond donors (Lipinski definition) is 0. The van der Waals surface area contributed by atoms with Gasteiger partial charge >= 0.3 is 6.36 Å². The van der Waals surface area contributed by atoms with Crippen LogP contribution in [0.15, 0.2) is 15.6 Å². The molecule has 5 nitrogen and oxygen atoms in total. The third kappa shape index (κ3) is 3.89. The number of methoxy groups -OCH3 is 1. The van der Waals surface area contributed by atoms with Crippen LogP contribution in [0.5, 0.6) is 11.6 Å². The lowest BCUT2D eigenvalue weighted by Crippen LogP contribution is -2.18. The van der Waals surface area contributed by atoms with Gasteiger partial charge in [-0.3, -0.25) is 0 Å². The van der Waals surface area contributed by atoms with Crippen molar-refractivity contribution in [3.05, 3.63) is 10.5 Å². The molecule has 0 saturated heterocycles. The number of halogens is 5. The van der Waals surface area contributed by atoms with Crippen LogP contribution in [0, 0.1) is 0 Å². The van der Waals surface area contributed by atoms with E-state index in [0.29, 0.717) is 0 Å². The first-order valence-corrected chi connectivity index (χ1v) is 7.10. The van der Waals surface area contributed by atoms with Crippen molar-refractivity contribution in [2.24, 2.45) is 0 Å². The second-order valence-electron chi connectivity index (χ2n) is 2.77. The zero-order valence-electron chi connectivity index (χ0n) is 8.46. The average molecular weight is 371 g/mol. The standard InChI is InChI=1S/C7H4BrClF3NO4S/c1-16-6-5(17-7(10,11)12)3(8)2-4(13-6)18(9,14)15/h2H,1H3. The lowest BCUT2D eigenvalue weighted by Gasteiger charge is -2.13. The van der Waals surface area contributed by atoms with Gasteiger partial charge in [-0.2, -0.15) is 4.98 Å². The van der Waals surface area contributed by atoms with Gasteiger partial charge < -0.3 is 9.47 Å². The molecule has 0 fully saturated rings. The van der Waals surface area contributed by atoms with Gasteiger partial charge in [0.25, 0.3) is 14.9 Å². The van der Waals surface area contributed by atoms with E-state index < -0.39 is 32.1 Å². The van der Waals surface area contributed by atoms with Crippen molar-refractivity contribution in [2.75, 3.05) is 7.11 Å². The van der Waals surface area contributed by atoms with Crippen molar-refractivity contribution in [3.63, 3.8) is 0 Å². The molecule has 0 radical (unpaired) electrons. The molecule has 18 heavy (non-hydrogen) atoms. The highest BCUT2D eigenvalue weighted by molar-refractivity contribution is 9.10. The highest BCUT2D eigenvalue weighted by atomic mass is 79.9. The Morgan fingerprint density at radius 1 is 1.44 bits per heavy atom. The summed E-state index contributed by atoms with van der Waals surface area (Å²) in [6, 6.07) is 0.770. The van der Waals surface area contributed by atoms with E-state index >= 15 is 0 Å². The summed E-state index contributed by atoms with van der Waals surface area (Å²) in [5, 5.41) is -0.664. The van der Waals surface area contributed by atoms with Crippen LogP contribution >= 0.6 is 26.6 Å². The predicted octanol–water partition coefficient (Wildman–Crippen LogP) is 2.68. The molecule has 0 aromatic carbocycles. The number of aromatic nitrogens is 1. The van der Waals surface area contributed by atoms with E-state index in [1.807, 2.05) is 0 Å². The van der Waals surface area contributed by atoms with Gasteiger partial charge in [-0.05, 0) is 22.0 Å². The zero-order valence-corrected chi connectivity index (χ0v) is 11.6. The molecule has 0 aliphatic heterocycles. The quantitative estimate of drug-likeness (QED) is 0.766. The summed E-state index contributed by atoms with van der Waals surface area (Å²) in [7, 11) is 1.81. The molecule has 1 aromatic heterocycles. The summed E-state index contributed by atoms with van der Waals surface area (Å²) >= 11 is 2.72. The van der Waals surface area contributed by atoms with Crippen molar-refractivity contribution in [3.8, 4) is 11.6 Å². The summed E-state index contributed by atoms with van der Waals surface area (Å²) in [5.41, 5.74) is 0. The van der Waals surface area contributed by atoms with Gasteiger partial charge in [-0.1, -0.05) is 0 Å². The van der Waals surface area contributed by atoms with Crippen LogP contribution in [0.3, 0.4) is 0 Å². The Hall–Kier alpha value is -0.740. The summed E-state index contributed by atoms with van der Waals surface area (Å²) in [6.07, 6.45) is -4.97. The largest absolute Gasteiger partial charge is 0.573 e. The molecule has 0 atom stereocenters. The van der Waals surface area contributed by atoms with Gasteiger partial charge in [0.1, 0.15) is 0 Å². The summed E-state index contributed by atoms with van der Waals surface area (Å²) < 4.78 is 66.2. The number of pyridine rings is 1. The van der Waals surface area contributed by atoms with Crippen LogP contribution in [0.2, 0.25) is 0 Å². The highest BCUT2D eigenvalue weighted by Crippen LogP contribution is 2.39. The SMILES string of the molecule is COc1nc(S(=O)(=O)Cl)cc(Br)c1OC(F)(F)F. The number of nitrogens with zero attached hydrogens (tertiary/aromatic N) is 1. The van der Waals surface area contributed by atoms with Crippen molar-refractivity contribution < 1.29 is 31.1 Å². The van der Waals surface area contributed by atoms with Gasteiger partial charge in [0.05, 0.1) is 11.6 Å². The van der Waals surface area contributed by atoms with Gasteiger partial charge in [0.2, 0.25) is 5.75 Å². The molecule has 0 N–H and O–H groups in total. The van der Waals surface area contributed by atoms with E-state index in [-0.39, 0.29) is 4.47 Å². The van der Waals surface area contributed by atoms with Crippen LogP contribution in [0.1, 0.15) is 0 Å². The van der Waals surface area contributed by atoms with Crippen molar-refractivity contribution in [2.45, 2.75) is 11.4 Å². The van der Waals surface area contributed by atoms with Gasteiger partial charge in [-0.15, -0.1) is 13.2 Å². The molecule has 0 unspecified atom stereocenters. The van der Waals surface area contributed by atoms with Crippen molar-refractivity contribution in [1.29, 1.82) is 0 Å². The van der Waals surface area contributed by atoms with Crippen LogP contribution < -0.4 is 9.47 Å². The smallest absolute Gasteiger partial charge is 0.478 e. The predicted molar refractivity (Wildman–Crippen MR) is 58.2 cm³/mol. The first-order chi connectivity index (χ1) is 8.04. The number of alkyl halides is 3. The Bertz CT molecular complexity index is 563. The molecule has 11 heteroatoms. The summed E-state index contributed by atoms with van der Waals surface area (Å²) in [5.74, 6) is -1.46. The fourth-order valence-electron chi connectivity index (χ4n) is 0.931. The second kappa shape index (κ2) is 5.10. The summed E-state index contributed by atoms with van der Waals surface area (Å²) in [4.78, 5) is 3.31. The molecule has 0 saturated carbocycles. The Morgan fingerprint density at radius 2 is 2.00 bits per heavy atom. The van der Waals surface area contributed by atoms with E-state index in [2.05, 4.69) is 30.4 Å². The lowest BCUT2D eigenvalue weighted by molar-refractivity contribution is -0.275. The molecular weight excluding hydrogens is 366 g/mol. The molecule has 1 aromatic rings. The molecule has 0 amide bonds. The van der Waals surface area contributed by atoms with Crippen molar-refractivity contribution >= 4 is 35.7 Å². The third-order valence-electron chi connectivity index (χ3n) is 1.53. The number of rotatable bonds is 3. The minimum Gasteiger partial charge on any atom is -0.478 e. The Morgan fingerprint density at radius 3 is 2.39 bits per heavy atom. The molecule has 1 rings (SSSR count). The fraction of sp³-hybridized carbons (Fsp3) is 0.286. The Balaban J connectivity index is 3.38. The summed E-state index contributed by atoms with van der Waals surface area (Å²) in [6.45, 7) is 0. The monoisotopic (exact) mass is 369 g/mol. The topological polar surface area (TPSA) is 65.5 Å². The van der Waals surface area contributed by atoms with E-state index in [1.165, 1.54) is 0 Å². The molecule has 1 heterocycles. The maximum Gasteiger partial charge on any atom is 0.573 e. The van der Waals surface area contributed by atoms with E-state index in [1.54, 1.807) is 0 Å². The Labute approximate surface area is 112 Å². The van der Waals surface area contributed by atoms with E-state index in [9.17, 15) is 21.6 Å². The maximum atomic E-state index is 12.1. The first-order valence-electron chi connectivity index (χ1n) is 3.99. The minimum absolute atomic E-state index is 0.314. The third-order valence-corrected chi connectivity index (χ3v) is 3.31. The normalized spacial score (nSPS) is 12.3. The zero-order chi connectivity index (χ0) is 14.1. The molecule has 0 spiro atoms. The first kappa shape index (κ1) is 15.3. The molecule has 0 aliphatic rings. The van der Waals surface area contributed by atoms with Gasteiger partial charge in [0.15, 0.2) is 5.03 Å². The molecule has 0 bridgehead atoms. The lowest BCUT2D eigenvalue weighted by atomic mass is 10.4. The van der Waals surface area contributed by atoms with Gasteiger partial charge in [-0.25, -0.2) is 8.42 Å². The average Bonchev–Trinajstić information content (AvgIpc) is 2.17. The fourth-order valence-corrected chi connectivity index (χ4v) is 2.24. The highest BCUT2D eigenvalue weighted by Gasteiger charge is 2.34.